The smallest absolute Gasteiger partial charge is 0.405 e. The molecule has 0 amide bonds. The van der Waals surface area contributed by atoms with Crippen LogP contribution in [-0.4, -0.2) is 22.5 Å². The zero-order valence-electron chi connectivity index (χ0n) is 10.2. The van der Waals surface area contributed by atoms with Gasteiger partial charge in [-0.3, -0.25) is 4.79 Å². The lowest BCUT2D eigenvalue weighted by atomic mass is 10.1. The van der Waals surface area contributed by atoms with E-state index in [1.54, 1.807) is 0 Å². The second-order valence-electron chi connectivity index (χ2n) is 3.73. The highest BCUT2D eigenvalue weighted by Crippen LogP contribution is 2.40. The van der Waals surface area contributed by atoms with Crippen LogP contribution in [0.25, 0.3) is 0 Å². The lowest BCUT2D eigenvalue weighted by Crippen LogP contribution is -2.20. The highest BCUT2D eigenvalue weighted by Gasteiger charge is 2.35. The van der Waals surface area contributed by atoms with E-state index in [0.717, 1.165) is 12.1 Å². The van der Waals surface area contributed by atoms with E-state index in [1.807, 2.05) is 0 Å². The van der Waals surface area contributed by atoms with E-state index in [4.69, 9.17) is 0 Å². The van der Waals surface area contributed by atoms with Crippen molar-refractivity contribution < 1.29 is 35.9 Å². The van der Waals surface area contributed by atoms with E-state index in [2.05, 4.69) is 20.7 Å². The third-order valence-corrected chi connectivity index (χ3v) is 3.18. The standard InChI is InChI=1S/C11H7BrF6O2S/c1-5(12)9(19)7-3-2-6(21-11(16,17)18)4-8(7)20-10(13,14)15/h2-5H,1H3. The van der Waals surface area contributed by atoms with Gasteiger partial charge in [0.2, 0.25) is 0 Å². The van der Waals surface area contributed by atoms with Crippen molar-refractivity contribution >= 4 is 33.5 Å². The molecule has 0 heterocycles. The third kappa shape index (κ3) is 6.16. The number of alkyl halides is 7. The zero-order valence-corrected chi connectivity index (χ0v) is 12.6. The average Bonchev–Trinajstić information content (AvgIpc) is 2.23. The molecule has 21 heavy (non-hydrogen) atoms. The first-order valence-electron chi connectivity index (χ1n) is 5.23. The molecule has 0 N–H and O–H groups in total. The molecule has 0 fully saturated rings. The summed E-state index contributed by atoms with van der Waals surface area (Å²) in [5.41, 5.74) is -5.12. The van der Waals surface area contributed by atoms with Crippen LogP contribution in [0.4, 0.5) is 26.3 Å². The maximum Gasteiger partial charge on any atom is 0.573 e. The molecule has 0 aliphatic carbocycles. The van der Waals surface area contributed by atoms with Crippen molar-refractivity contribution in [1.29, 1.82) is 0 Å². The highest BCUT2D eigenvalue weighted by molar-refractivity contribution is 9.10. The molecular weight excluding hydrogens is 390 g/mol. The molecule has 0 radical (unpaired) electrons. The van der Waals surface area contributed by atoms with Crippen molar-refractivity contribution in [3.8, 4) is 5.75 Å². The second kappa shape index (κ2) is 6.47. The molecule has 0 aliphatic heterocycles. The van der Waals surface area contributed by atoms with Crippen molar-refractivity contribution in [2.45, 2.75) is 28.5 Å². The topological polar surface area (TPSA) is 26.3 Å². The Bertz CT molecular complexity index is 526. The summed E-state index contributed by atoms with van der Waals surface area (Å²) in [6, 6.07) is 2.31. The minimum absolute atomic E-state index is 0.455. The predicted octanol–water partition coefficient (Wildman–Crippen LogP) is 5.16. The largest absolute Gasteiger partial charge is 0.573 e. The summed E-state index contributed by atoms with van der Waals surface area (Å²) in [6.45, 7) is 1.37. The fourth-order valence-corrected chi connectivity index (χ4v) is 2.14. The normalized spacial score (nSPS) is 13.9. The second-order valence-corrected chi connectivity index (χ2v) is 6.25. The summed E-state index contributed by atoms with van der Waals surface area (Å²) in [7, 11) is 0. The number of thioether (sulfide) groups is 1. The number of ether oxygens (including phenoxy) is 1. The molecule has 0 spiro atoms. The van der Waals surface area contributed by atoms with Crippen LogP contribution in [0.15, 0.2) is 23.1 Å². The van der Waals surface area contributed by atoms with E-state index in [9.17, 15) is 31.1 Å². The Kier molecular flexibility index (Phi) is 5.59. The van der Waals surface area contributed by atoms with Crippen molar-refractivity contribution in [3.63, 3.8) is 0 Å². The molecule has 0 saturated carbocycles. The van der Waals surface area contributed by atoms with Gasteiger partial charge in [-0.25, -0.2) is 0 Å². The average molecular weight is 397 g/mol. The van der Waals surface area contributed by atoms with Gasteiger partial charge in [0.25, 0.3) is 0 Å². The summed E-state index contributed by atoms with van der Waals surface area (Å²) < 4.78 is 77.2. The Morgan fingerprint density at radius 1 is 1.24 bits per heavy atom. The molecular formula is C11H7BrF6O2S. The molecule has 10 heteroatoms. The molecule has 0 bridgehead atoms. The van der Waals surface area contributed by atoms with Gasteiger partial charge in [-0.2, -0.15) is 13.2 Å². The van der Waals surface area contributed by atoms with Crippen LogP contribution in [0, 0.1) is 0 Å². The van der Waals surface area contributed by atoms with Gasteiger partial charge in [-0.05, 0) is 36.9 Å². The van der Waals surface area contributed by atoms with Crippen LogP contribution in [0.3, 0.4) is 0 Å². The van der Waals surface area contributed by atoms with E-state index in [0.29, 0.717) is 6.07 Å². The highest BCUT2D eigenvalue weighted by atomic mass is 79.9. The Balaban J connectivity index is 3.23. The van der Waals surface area contributed by atoms with Gasteiger partial charge < -0.3 is 4.74 Å². The van der Waals surface area contributed by atoms with Gasteiger partial charge >= 0.3 is 11.9 Å². The Morgan fingerprint density at radius 2 is 1.81 bits per heavy atom. The SMILES string of the molecule is CC(Br)C(=O)c1ccc(SC(F)(F)F)cc1OC(F)(F)F. The zero-order chi connectivity index (χ0) is 16.4. The molecule has 1 atom stereocenters. The van der Waals surface area contributed by atoms with Crippen molar-refractivity contribution in [2.24, 2.45) is 0 Å². The van der Waals surface area contributed by atoms with E-state index >= 15 is 0 Å². The number of benzene rings is 1. The lowest BCUT2D eigenvalue weighted by molar-refractivity contribution is -0.274. The molecule has 1 aromatic rings. The Hall–Kier alpha value is -0.900. The summed E-state index contributed by atoms with van der Waals surface area (Å²) in [4.78, 5) is 10.4. The minimum Gasteiger partial charge on any atom is -0.405 e. The minimum atomic E-state index is -5.12. The first kappa shape index (κ1) is 18.1. The quantitative estimate of drug-likeness (QED) is 0.304. The number of rotatable bonds is 4. The molecule has 0 saturated heterocycles. The first-order valence-corrected chi connectivity index (χ1v) is 6.96. The third-order valence-electron chi connectivity index (χ3n) is 2.04. The fraction of sp³-hybridized carbons (Fsp3) is 0.364. The van der Waals surface area contributed by atoms with Gasteiger partial charge in [0, 0.05) is 4.90 Å². The van der Waals surface area contributed by atoms with Crippen molar-refractivity contribution in [1.82, 2.24) is 0 Å². The molecule has 0 aromatic heterocycles. The number of carbonyl (C=O) groups excluding carboxylic acids is 1. The number of Topliss-reactive ketones (excluding diaryl/α,β-unsaturated/α-hetero) is 1. The Morgan fingerprint density at radius 3 is 2.24 bits per heavy atom. The number of hydrogen-bond acceptors (Lipinski definition) is 3. The van der Waals surface area contributed by atoms with Crippen LogP contribution in [0.2, 0.25) is 0 Å². The maximum absolute atomic E-state index is 12.3. The molecule has 1 unspecified atom stereocenters. The summed E-state index contributed by atoms with van der Waals surface area (Å²) in [5.74, 6) is -1.70. The Labute approximate surface area is 128 Å². The maximum atomic E-state index is 12.3. The molecule has 2 nitrogen and oxygen atoms in total. The van der Waals surface area contributed by atoms with E-state index in [-0.39, 0.29) is 0 Å². The van der Waals surface area contributed by atoms with Crippen LogP contribution in [0.1, 0.15) is 17.3 Å². The van der Waals surface area contributed by atoms with Crippen LogP contribution in [-0.2, 0) is 0 Å². The van der Waals surface area contributed by atoms with E-state index in [1.165, 1.54) is 6.92 Å². The van der Waals surface area contributed by atoms with Gasteiger partial charge in [0.15, 0.2) is 5.78 Å². The van der Waals surface area contributed by atoms with Crippen LogP contribution in [0.5, 0.6) is 5.75 Å². The fourth-order valence-electron chi connectivity index (χ4n) is 1.33. The van der Waals surface area contributed by atoms with Gasteiger partial charge in [-0.1, -0.05) is 15.9 Å². The van der Waals surface area contributed by atoms with Gasteiger partial charge in [0.05, 0.1) is 10.4 Å². The van der Waals surface area contributed by atoms with Crippen LogP contribution >= 0.6 is 27.7 Å². The molecule has 1 rings (SSSR count). The summed E-state index contributed by atoms with van der Waals surface area (Å²) in [5, 5.41) is 0. The predicted molar refractivity (Wildman–Crippen MR) is 67.8 cm³/mol. The van der Waals surface area contributed by atoms with Gasteiger partial charge in [-0.15, -0.1) is 13.2 Å². The van der Waals surface area contributed by atoms with E-state index < -0.39 is 50.5 Å². The lowest BCUT2D eigenvalue weighted by Gasteiger charge is -2.15. The number of halogens is 7. The molecule has 1 aromatic carbocycles. The number of carbonyl (C=O) groups is 1. The number of hydrogen-bond donors (Lipinski definition) is 0. The molecule has 118 valence electrons. The van der Waals surface area contributed by atoms with Crippen LogP contribution < -0.4 is 4.74 Å². The number of ketones is 1. The van der Waals surface area contributed by atoms with Crippen molar-refractivity contribution in [2.75, 3.05) is 0 Å². The summed E-state index contributed by atoms with van der Waals surface area (Å²) >= 11 is 2.29. The monoisotopic (exact) mass is 396 g/mol. The van der Waals surface area contributed by atoms with Crippen molar-refractivity contribution in [3.05, 3.63) is 23.8 Å². The van der Waals surface area contributed by atoms with Gasteiger partial charge in [0.1, 0.15) is 5.75 Å². The molecule has 0 aliphatic rings. The summed E-state index contributed by atoms with van der Waals surface area (Å²) in [6.07, 6.45) is -5.12. The first-order chi connectivity index (χ1) is 9.39.